The number of nitrogens with zero attached hydrogens (tertiary/aromatic N) is 3. The summed E-state index contributed by atoms with van der Waals surface area (Å²) >= 11 is 1.38. The van der Waals surface area contributed by atoms with E-state index in [1.54, 1.807) is 12.1 Å². The van der Waals surface area contributed by atoms with Crippen LogP contribution in [0.5, 0.6) is 0 Å². The van der Waals surface area contributed by atoms with Crippen molar-refractivity contribution in [2.75, 3.05) is 22.1 Å². The van der Waals surface area contributed by atoms with Crippen LogP contribution in [-0.4, -0.2) is 26.6 Å². The van der Waals surface area contributed by atoms with Gasteiger partial charge in [-0.15, -0.1) is 11.8 Å². The Labute approximate surface area is 172 Å². The Balaban J connectivity index is 1.55. The highest BCUT2D eigenvalue weighted by Gasteiger charge is 2.09. The molecule has 0 aliphatic rings. The number of anilines is 4. The summed E-state index contributed by atoms with van der Waals surface area (Å²) in [4.78, 5) is 24.7. The van der Waals surface area contributed by atoms with Gasteiger partial charge in [0.2, 0.25) is 17.8 Å². The third kappa shape index (κ3) is 6.15. The minimum Gasteiger partial charge on any atom is -0.368 e. The average molecular weight is 412 g/mol. The van der Waals surface area contributed by atoms with Gasteiger partial charge in [-0.1, -0.05) is 25.1 Å². The Morgan fingerprint density at radius 2 is 1.86 bits per heavy atom. The van der Waals surface area contributed by atoms with Gasteiger partial charge in [0.25, 0.3) is 0 Å². The molecule has 9 heteroatoms. The van der Waals surface area contributed by atoms with Gasteiger partial charge in [0, 0.05) is 11.4 Å². The van der Waals surface area contributed by atoms with E-state index in [2.05, 4.69) is 25.6 Å². The van der Waals surface area contributed by atoms with Crippen LogP contribution in [-0.2, 0) is 17.0 Å². The second-order valence-corrected chi connectivity index (χ2v) is 7.10. The van der Waals surface area contributed by atoms with Gasteiger partial charge in [-0.25, -0.2) is 4.39 Å². The van der Waals surface area contributed by atoms with Crippen LogP contribution >= 0.6 is 11.8 Å². The van der Waals surface area contributed by atoms with Gasteiger partial charge >= 0.3 is 0 Å². The van der Waals surface area contributed by atoms with Crippen LogP contribution in [0.25, 0.3) is 0 Å². The molecule has 3 aromatic rings. The van der Waals surface area contributed by atoms with Gasteiger partial charge in [0.15, 0.2) is 0 Å². The van der Waals surface area contributed by atoms with Crippen molar-refractivity contribution in [1.29, 1.82) is 0 Å². The van der Waals surface area contributed by atoms with Gasteiger partial charge in [-0.05, 0) is 42.3 Å². The zero-order valence-electron chi connectivity index (χ0n) is 15.9. The number of carbonyl (C=O) groups is 1. The molecule has 0 atom stereocenters. The largest absolute Gasteiger partial charge is 0.368 e. The molecule has 0 aliphatic heterocycles. The van der Waals surface area contributed by atoms with Crippen molar-refractivity contribution in [3.8, 4) is 0 Å². The number of nitrogens with one attached hydrogen (secondary N) is 2. The maximum absolute atomic E-state index is 13.0. The number of nitrogens with two attached hydrogens (primary N) is 1. The molecule has 0 spiro atoms. The van der Waals surface area contributed by atoms with Crippen LogP contribution in [0.3, 0.4) is 0 Å². The molecule has 0 saturated heterocycles. The van der Waals surface area contributed by atoms with Crippen molar-refractivity contribution >= 4 is 40.9 Å². The number of aryl methyl sites for hydroxylation is 1. The van der Waals surface area contributed by atoms with Crippen molar-refractivity contribution in [3.63, 3.8) is 0 Å². The molecule has 0 bridgehead atoms. The summed E-state index contributed by atoms with van der Waals surface area (Å²) in [7, 11) is 0. The minimum atomic E-state index is -0.331. The number of para-hydroxylation sites is 1. The summed E-state index contributed by atoms with van der Waals surface area (Å²) in [6, 6.07) is 13.5. The summed E-state index contributed by atoms with van der Waals surface area (Å²) in [5.41, 5.74) is 8.30. The van der Waals surface area contributed by atoms with Crippen LogP contribution in [0.15, 0.2) is 48.5 Å². The number of nitrogen functional groups attached to an aromatic ring is 1. The summed E-state index contributed by atoms with van der Waals surface area (Å²) in [5.74, 6) is 1.01. The predicted octanol–water partition coefficient (Wildman–Crippen LogP) is 3.77. The van der Waals surface area contributed by atoms with E-state index >= 15 is 0 Å². The van der Waals surface area contributed by atoms with Crippen LogP contribution in [0.2, 0.25) is 0 Å². The topological polar surface area (TPSA) is 106 Å². The molecule has 0 saturated carbocycles. The standard InChI is InChI=1S/C20H21FN6OS/c1-2-13-5-3-4-6-16(13)24-18(28)12-29-11-17-25-19(22)27-20(26-17)23-15-9-7-14(21)8-10-15/h3-10H,2,11-12H2,1H3,(H,24,28)(H3,22,23,25,26,27). The van der Waals surface area contributed by atoms with Gasteiger partial charge in [0.05, 0.1) is 11.5 Å². The van der Waals surface area contributed by atoms with E-state index in [1.165, 1.54) is 23.9 Å². The summed E-state index contributed by atoms with van der Waals surface area (Å²) in [6.45, 7) is 2.04. The lowest BCUT2D eigenvalue weighted by Gasteiger charge is -2.10. The SMILES string of the molecule is CCc1ccccc1NC(=O)CSCc1nc(N)nc(Nc2ccc(F)cc2)n1. The van der Waals surface area contributed by atoms with E-state index in [4.69, 9.17) is 5.73 Å². The van der Waals surface area contributed by atoms with E-state index in [1.807, 2.05) is 31.2 Å². The Bertz CT molecular complexity index is 983. The van der Waals surface area contributed by atoms with E-state index < -0.39 is 0 Å². The number of aromatic nitrogens is 3. The fraction of sp³-hybridized carbons (Fsp3) is 0.200. The number of benzene rings is 2. The van der Waals surface area contributed by atoms with Crippen LogP contribution in [0.1, 0.15) is 18.3 Å². The Kier molecular flexibility index (Phi) is 6.96. The number of hydrogen-bond acceptors (Lipinski definition) is 7. The normalized spacial score (nSPS) is 10.6. The van der Waals surface area contributed by atoms with Crippen molar-refractivity contribution in [1.82, 2.24) is 15.0 Å². The highest BCUT2D eigenvalue weighted by atomic mass is 32.2. The number of hydrogen-bond donors (Lipinski definition) is 3. The van der Waals surface area contributed by atoms with Crippen molar-refractivity contribution in [3.05, 3.63) is 65.7 Å². The molecular formula is C20H21FN6OS. The molecule has 3 rings (SSSR count). The third-order valence-corrected chi connectivity index (χ3v) is 4.86. The maximum Gasteiger partial charge on any atom is 0.234 e. The highest BCUT2D eigenvalue weighted by molar-refractivity contribution is 7.99. The van der Waals surface area contributed by atoms with Gasteiger partial charge in [-0.3, -0.25) is 4.79 Å². The van der Waals surface area contributed by atoms with Crippen LogP contribution < -0.4 is 16.4 Å². The first-order valence-electron chi connectivity index (χ1n) is 9.02. The highest BCUT2D eigenvalue weighted by Crippen LogP contribution is 2.18. The number of amides is 1. The molecule has 4 N–H and O–H groups in total. The second-order valence-electron chi connectivity index (χ2n) is 6.12. The van der Waals surface area contributed by atoms with E-state index in [0.717, 1.165) is 17.7 Å². The lowest BCUT2D eigenvalue weighted by Crippen LogP contribution is -2.15. The Morgan fingerprint density at radius 3 is 2.62 bits per heavy atom. The summed E-state index contributed by atoms with van der Waals surface area (Å²) in [6.07, 6.45) is 0.845. The zero-order valence-corrected chi connectivity index (χ0v) is 16.7. The van der Waals surface area contributed by atoms with E-state index in [-0.39, 0.29) is 29.4 Å². The molecule has 0 unspecified atom stereocenters. The lowest BCUT2D eigenvalue weighted by molar-refractivity contribution is -0.113. The van der Waals surface area contributed by atoms with E-state index in [9.17, 15) is 9.18 Å². The molecule has 1 aromatic heterocycles. The summed E-state index contributed by atoms with van der Waals surface area (Å²) in [5, 5.41) is 5.89. The smallest absolute Gasteiger partial charge is 0.234 e. The molecule has 0 radical (unpaired) electrons. The first-order chi connectivity index (χ1) is 14.0. The van der Waals surface area contributed by atoms with Crippen molar-refractivity contribution in [2.45, 2.75) is 19.1 Å². The number of halogens is 1. The number of rotatable bonds is 8. The maximum atomic E-state index is 13.0. The first-order valence-corrected chi connectivity index (χ1v) is 10.2. The monoisotopic (exact) mass is 412 g/mol. The lowest BCUT2D eigenvalue weighted by atomic mass is 10.1. The molecule has 150 valence electrons. The molecule has 7 nitrogen and oxygen atoms in total. The summed E-state index contributed by atoms with van der Waals surface area (Å²) < 4.78 is 13.0. The quantitative estimate of drug-likeness (QED) is 0.517. The van der Waals surface area contributed by atoms with Crippen LogP contribution in [0.4, 0.5) is 27.7 Å². The number of thioether (sulfide) groups is 1. The first kappa shape index (κ1) is 20.5. The van der Waals surface area contributed by atoms with Crippen molar-refractivity contribution in [2.24, 2.45) is 0 Å². The molecule has 29 heavy (non-hydrogen) atoms. The zero-order chi connectivity index (χ0) is 20.6. The van der Waals surface area contributed by atoms with Crippen molar-refractivity contribution < 1.29 is 9.18 Å². The third-order valence-electron chi connectivity index (χ3n) is 3.94. The molecular weight excluding hydrogens is 391 g/mol. The second kappa shape index (κ2) is 9.83. The predicted molar refractivity (Wildman–Crippen MR) is 115 cm³/mol. The fourth-order valence-corrected chi connectivity index (χ4v) is 3.26. The van der Waals surface area contributed by atoms with Crippen LogP contribution in [0, 0.1) is 5.82 Å². The van der Waals surface area contributed by atoms with E-state index in [0.29, 0.717) is 17.3 Å². The minimum absolute atomic E-state index is 0.0709. The Morgan fingerprint density at radius 1 is 1.10 bits per heavy atom. The molecule has 2 aromatic carbocycles. The Hall–Kier alpha value is -3.20. The average Bonchev–Trinajstić information content (AvgIpc) is 2.70. The molecule has 0 fully saturated rings. The number of carbonyl (C=O) groups excluding carboxylic acids is 1. The van der Waals surface area contributed by atoms with Gasteiger partial charge in [0.1, 0.15) is 11.6 Å². The molecule has 1 amide bonds. The van der Waals surface area contributed by atoms with Gasteiger partial charge in [-0.2, -0.15) is 15.0 Å². The fourth-order valence-electron chi connectivity index (χ4n) is 2.59. The molecule has 0 aliphatic carbocycles. The van der Waals surface area contributed by atoms with Gasteiger partial charge < -0.3 is 16.4 Å². The molecule has 1 heterocycles.